The van der Waals surface area contributed by atoms with Gasteiger partial charge in [-0.2, -0.15) is 0 Å². The molecule has 0 bridgehead atoms. The monoisotopic (exact) mass is 367 g/mol. The van der Waals surface area contributed by atoms with E-state index in [4.69, 9.17) is 0 Å². The average molecular weight is 367 g/mol. The zero-order chi connectivity index (χ0) is 18.4. The molecule has 0 spiro atoms. The lowest BCUT2D eigenvalue weighted by molar-refractivity contribution is -0.116. The van der Waals surface area contributed by atoms with Gasteiger partial charge in [0, 0.05) is 23.7 Å². The van der Waals surface area contributed by atoms with E-state index in [1.165, 1.54) is 18.4 Å². The maximum absolute atomic E-state index is 12.1. The summed E-state index contributed by atoms with van der Waals surface area (Å²) in [6.07, 6.45) is 2.56. The fraction of sp³-hybridized carbons (Fsp3) is 0.158. The van der Waals surface area contributed by atoms with Gasteiger partial charge in [0.1, 0.15) is 5.01 Å². The third-order valence-corrected chi connectivity index (χ3v) is 4.52. The lowest BCUT2D eigenvalue weighted by Gasteiger charge is -2.06. The van der Waals surface area contributed by atoms with Gasteiger partial charge in [0.05, 0.1) is 24.1 Å². The number of aryl methyl sites for hydroxylation is 1. The predicted molar refractivity (Wildman–Crippen MR) is 100 cm³/mol. The molecular weight excluding hydrogens is 350 g/mol. The topological polar surface area (TPSA) is 81.2 Å². The Morgan fingerprint density at radius 3 is 2.85 bits per heavy atom. The Kier molecular flexibility index (Phi) is 5.70. The molecule has 0 aliphatic carbocycles. The van der Waals surface area contributed by atoms with E-state index in [9.17, 15) is 9.59 Å². The van der Waals surface area contributed by atoms with Crippen LogP contribution >= 0.6 is 11.3 Å². The molecule has 0 unspecified atom stereocenters. The molecule has 7 heteroatoms. The number of esters is 1. The molecule has 0 aliphatic rings. The Bertz CT molecular complexity index is 909. The number of rotatable bonds is 6. The van der Waals surface area contributed by atoms with Crippen LogP contribution in [0.3, 0.4) is 0 Å². The number of nitrogens with zero attached hydrogens (tertiary/aromatic N) is 2. The molecule has 1 aromatic carbocycles. The molecule has 0 radical (unpaired) electrons. The van der Waals surface area contributed by atoms with E-state index < -0.39 is 5.97 Å². The molecule has 3 rings (SSSR count). The molecule has 6 nitrogen and oxygen atoms in total. The van der Waals surface area contributed by atoms with Crippen LogP contribution < -0.4 is 5.32 Å². The molecule has 0 fully saturated rings. The third-order valence-electron chi connectivity index (χ3n) is 3.61. The van der Waals surface area contributed by atoms with Crippen molar-refractivity contribution >= 4 is 28.9 Å². The number of anilines is 1. The summed E-state index contributed by atoms with van der Waals surface area (Å²) in [4.78, 5) is 32.5. The van der Waals surface area contributed by atoms with Gasteiger partial charge in [0.15, 0.2) is 0 Å². The number of hydrogen-bond acceptors (Lipinski definition) is 6. The highest BCUT2D eigenvalue weighted by atomic mass is 32.1. The SMILES string of the molecule is COC(=O)c1cccc(NC(=O)CCc2csc(-c3ccccn3)n2)c1. The molecule has 26 heavy (non-hydrogen) atoms. The second-order valence-electron chi connectivity index (χ2n) is 5.48. The Hall–Kier alpha value is -3.06. The Balaban J connectivity index is 1.56. The maximum atomic E-state index is 12.1. The van der Waals surface area contributed by atoms with Crippen LogP contribution in [0.4, 0.5) is 5.69 Å². The van der Waals surface area contributed by atoms with Crippen molar-refractivity contribution in [2.24, 2.45) is 0 Å². The summed E-state index contributed by atoms with van der Waals surface area (Å²) in [5.74, 6) is -0.579. The van der Waals surface area contributed by atoms with Crippen molar-refractivity contribution in [3.05, 3.63) is 65.3 Å². The molecule has 0 aliphatic heterocycles. The number of amides is 1. The van der Waals surface area contributed by atoms with Crippen molar-refractivity contribution in [2.75, 3.05) is 12.4 Å². The molecular formula is C19H17N3O3S. The molecule has 2 heterocycles. The number of pyridine rings is 1. The molecule has 132 valence electrons. The first kappa shape index (κ1) is 17.8. The number of methoxy groups -OCH3 is 1. The lowest BCUT2D eigenvalue weighted by atomic mass is 10.2. The molecule has 0 atom stereocenters. The molecule has 0 saturated heterocycles. The minimum absolute atomic E-state index is 0.139. The minimum atomic E-state index is -0.439. The summed E-state index contributed by atoms with van der Waals surface area (Å²) in [6.45, 7) is 0. The van der Waals surface area contributed by atoms with E-state index in [2.05, 4.69) is 20.0 Å². The van der Waals surface area contributed by atoms with Crippen molar-refractivity contribution in [1.82, 2.24) is 9.97 Å². The number of carbonyl (C=O) groups is 2. The maximum Gasteiger partial charge on any atom is 0.337 e. The van der Waals surface area contributed by atoms with E-state index in [0.717, 1.165) is 16.4 Å². The van der Waals surface area contributed by atoms with E-state index in [-0.39, 0.29) is 5.91 Å². The Labute approximate surface area is 154 Å². The highest BCUT2D eigenvalue weighted by Crippen LogP contribution is 2.22. The van der Waals surface area contributed by atoms with Crippen molar-refractivity contribution in [1.29, 1.82) is 0 Å². The van der Waals surface area contributed by atoms with E-state index in [0.29, 0.717) is 24.1 Å². The molecule has 0 saturated carbocycles. The van der Waals surface area contributed by atoms with E-state index in [1.807, 2.05) is 23.6 Å². The molecule has 3 aromatic rings. The highest BCUT2D eigenvalue weighted by molar-refractivity contribution is 7.13. The summed E-state index contributed by atoms with van der Waals surface area (Å²) in [7, 11) is 1.32. The van der Waals surface area contributed by atoms with Gasteiger partial charge in [-0.1, -0.05) is 12.1 Å². The van der Waals surface area contributed by atoms with Crippen molar-refractivity contribution < 1.29 is 14.3 Å². The van der Waals surface area contributed by atoms with Crippen LogP contribution in [0.1, 0.15) is 22.5 Å². The normalized spacial score (nSPS) is 10.3. The standard InChI is InChI=1S/C19H17N3O3S/c1-25-19(24)13-5-4-6-14(11-13)21-17(23)9-8-15-12-26-18(22-15)16-7-2-3-10-20-16/h2-7,10-12H,8-9H2,1H3,(H,21,23). The first-order valence-electron chi connectivity index (χ1n) is 8.00. The summed E-state index contributed by atoms with van der Waals surface area (Å²) in [6, 6.07) is 12.3. The first-order valence-corrected chi connectivity index (χ1v) is 8.87. The zero-order valence-electron chi connectivity index (χ0n) is 14.1. The van der Waals surface area contributed by atoms with Crippen LogP contribution in [0.25, 0.3) is 10.7 Å². The van der Waals surface area contributed by atoms with Gasteiger partial charge in [-0.3, -0.25) is 9.78 Å². The van der Waals surface area contributed by atoms with E-state index >= 15 is 0 Å². The average Bonchev–Trinajstić information content (AvgIpc) is 3.16. The van der Waals surface area contributed by atoms with Gasteiger partial charge in [0.25, 0.3) is 0 Å². The molecule has 1 amide bonds. The second kappa shape index (κ2) is 8.35. The summed E-state index contributed by atoms with van der Waals surface area (Å²) < 4.78 is 4.68. The fourth-order valence-corrected chi connectivity index (χ4v) is 3.17. The van der Waals surface area contributed by atoms with Crippen LogP contribution in [0, 0.1) is 0 Å². The number of hydrogen-bond donors (Lipinski definition) is 1. The van der Waals surface area contributed by atoms with E-state index in [1.54, 1.807) is 30.5 Å². The zero-order valence-corrected chi connectivity index (χ0v) is 15.0. The Morgan fingerprint density at radius 2 is 2.08 bits per heavy atom. The fourth-order valence-electron chi connectivity index (χ4n) is 2.34. The van der Waals surface area contributed by atoms with Crippen molar-refractivity contribution in [2.45, 2.75) is 12.8 Å². The predicted octanol–water partition coefficient (Wildman–Crippen LogP) is 3.56. The van der Waals surface area contributed by atoms with Crippen molar-refractivity contribution in [3.63, 3.8) is 0 Å². The summed E-state index contributed by atoms with van der Waals surface area (Å²) >= 11 is 1.51. The number of nitrogens with one attached hydrogen (secondary N) is 1. The van der Waals surface area contributed by atoms with Crippen LogP contribution in [0.15, 0.2) is 54.0 Å². The first-order chi connectivity index (χ1) is 12.7. The van der Waals surface area contributed by atoms with Gasteiger partial charge in [-0.25, -0.2) is 9.78 Å². The number of aromatic nitrogens is 2. The van der Waals surface area contributed by atoms with Gasteiger partial charge in [-0.05, 0) is 36.8 Å². The molecule has 2 aromatic heterocycles. The van der Waals surface area contributed by atoms with Gasteiger partial charge in [0.2, 0.25) is 5.91 Å². The summed E-state index contributed by atoms with van der Waals surface area (Å²) in [5, 5.41) is 5.57. The number of thiazole rings is 1. The van der Waals surface area contributed by atoms with Crippen molar-refractivity contribution in [3.8, 4) is 10.7 Å². The van der Waals surface area contributed by atoms with Crippen LogP contribution in [-0.4, -0.2) is 29.0 Å². The van der Waals surface area contributed by atoms with Crippen LogP contribution in [-0.2, 0) is 16.0 Å². The van der Waals surface area contributed by atoms with Gasteiger partial charge < -0.3 is 10.1 Å². The number of ether oxygens (including phenoxy) is 1. The molecule has 1 N–H and O–H groups in total. The smallest absolute Gasteiger partial charge is 0.337 e. The largest absolute Gasteiger partial charge is 0.465 e. The number of carbonyl (C=O) groups excluding carboxylic acids is 2. The highest BCUT2D eigenvalue weighted by Gasteiger charge is 2.10. The minimum Gasteiger partial charge on any atom is -0.465 e. The number of benzene rings is 1. The van der Waals surface area contributed by atoms with Gasteiger partial charge in [-0.15, -0.1) is 11.3 Å². The summed E-state index contributed by atoms with van der Waals surface area (Å²) in [5.41, 5.74) is 2.64. The quantitative estimate of drug-likeness (QED) is 0.674. The third kappa shape index (κ3) is 4.52. The Morgan fingerprint density at radius 1 is 1.19 bits per heavy atom. The van der Waals surface area contributed by atoms with Gasteiger partial charge >= 0.3 is 5.97 Å². The second-order valence-corrected chi connectivity index (χ2v) is 6.34. The van der Waals surface area contributed by atoms with Crippen LogP contribution in [0.5, 0.6) is 0 Å². The lowest BCUT2D eigenvalue weighted by Crippen LogP contribution is -2.13. The van der Waals surface area contributed by atoms with Crippen LogP contribution in [0.2, 0.25) is 0 Å².